The Bertz CT molecular complexity index is 548. The molecule has 0 unspecified atom stereocenters. The predicted molar refractivity (Wildman–Crippen MR) is 87.8 cm³/mol. The number of hydrogen-bond donors (Lipinski definition) is 0. The van der Waals surface area contributed by atoms with E-state index in [1.54, 1.807) is 11.1 Å². The van der Waals surface area contributed by atoms with Gasteiger partial charge in [-0.15, -0.1) is 0 Å². The van der Waals surface area contributed by atoms with E-state index in [0.717, 1.165) is 12.0 Å². The van der Waals surface area contributed by atoms with E-state index in [1.807, 2.05) is 0 Å². The molecule has 0 radical (unpaired) electrons. The van der Waals surface area contributed by atoms with Crippen LogP contribution in [0.3, 0.4) is 0 Å². The summed E-state index contributed by atoms with van der Waals surface area (Å²) in [6, 6.07) is 8.00. The molecule has 2 nitrogen and oxygen atoms in total. The third-order valence-corrected chi connectivity index (χ3v) is 6.55. The van der Waals surface area contributed by atoms with Crippen LogP contribution in [-0.4, -0.2) is 49.6 Å². The number of likely N-dealkylation sites (N-methyl/N-ethyl adjacent to an activating group) is 1. The summed E-state index contributed by atoms with van der Waals surface area (Å²) in [5.41, 5.74) is 5.26. The van der Waals surface area contributed by atoms with Crippen LogP contribution in [0.2, 0.25) is 0 Å². The molecule has 114 valence electrons. The van der Waals surface area contributed by atoms with Gasteiger partial charge < -0.3 is 9.80 Å². The van der Waals surface area contributed by atoms with Crippen LogP contribution in [0.25, 0.3) is 0 Å². The summed E-state index contributed by atoms with van der Waals surface area (Å²) < 4.78 is 0. The molecule has 2 heteroatoms. The molecule has 2 bridgehead atoms. The van der Waals surface area contributed by atoms with Crippen molar-refractivity contribution in [3.05, 3.63) is 34.9 Å². The second kappa shape index (κ2) is 4.82. The number of nitrogens with zero attached hydrogens (tertiary/aromatic N) is 2. The van der Waals surface area contributed by atoms with Crippen molar-refractivity contribution in [2.45, 2.75) is 44.1 Å². The highest BCUT2D eigenvalue weighted by Crippen LogP contribution is 2.52. The number of aryl methyl sites for hydroxylation is 1. The van der Waals surface area contributed by atoms with E-state index in [4.69, 9.17) is 0 Å². The van der Waals surface area contributed by atoms with E-state index >= 15 is 0 Å². The van der Waals surface area contributed by atoms with Crippen LogP contribution in [-0.2, 0) is 11.8 Å². The maximum absolute atomic E-state index is 2.66. The molecule has 1 aromatic carbocycles. The Kier molecular flexibility index (Phi) is 3.16. The highest BCUT2D eigenvalue weighted by molar-refractivity contribution is 5.43. The van der Waals surface area contributed by atoms with Crippen molar-refractivity contribution in [3.8, 4) is 0 Å². The third-order valence-electron chi connectivity index (χ3n) is 6.55. The van der Waals surface area contributed by atoms with Gasteiger partial charge in [0.1, 0.15) is 0 Å². The molecule has 3 atom stereocenters. The lowest BCUT2D eigenvalue weighted by atomic mass is 9.56. The molecule has 2 heterocycles. The van der Waals surface area contributed by atoms with E-state index in [9.17, 15) is 0 Å². The number of hydrogen-bond acceptors (Lipinski definition) is 2. The zero-order valence-corrected chi connectivity index (χ0v) is 13.7. The first-order valence-corrected chi connectivity index (χ1v) is 8.59. The molecule has 21 heavy (non-hydrogen) atoms. The van der Waals surface area contributed by atoms with E-state index in [2.05, 4.69) is 49.0 Å². The van der Waals surface area contributed by atoms with Crippen molar-refractivity contribution in [3.63, 3.8) is 0 Å². The van der Waals surface area contributed by atoms with Gasteiger partial charge in [-0.25, -0.2) is 0 Å². The lowest BCUT2D eigenvalue weighted by Gasteiger charge is -2.54. The average Bonchev–Trinajstić information content (AvgIpc) is 2.56. The first kappa shape index (κ1) is 13.8. The summed E-state index contributed by atoms with van der Waals surface area (Å²) in [6.07, 6.45) is 5.37. The SMILES string of the molecule is Cc1ccc2c(c1)[C@]13CCCN(C)[C@H](C2)[C@@H]1CN(C)CC3. The fraction of sp³-hybridized carbons (Fsp3) is 0.684. The Hall–Kier alpha value is -0.860. The molecule has 0 N–H and O–H groups in total. The van der Waals surface area contributed by atoms with Crippen molar-refractivity contribution in [1.82, 2.24) is 9.80 Å². The van der Waals surface area contributed by atoms with Crippen LogP contribution in [0.1, 0.15) is 36.0 Å². The maximum Gasteiger partial charge on any atom is 0.0182 e. The van der Waals surface area contributed by atoms with Gasteiger partial charge in [-0.2, -0.15) is 0 Å². The minimum Gasteiger partial charge on any atom is -0.306 e. The molecule has 0 saturated carbocycles. The Morgan fingerprint density at radius 3 is 2.86 bits per heavy atom. The van der Waals surface area contributed by atoms with Gasteiger partial charge in [0.2, 0.25) is 0 Å². The molecule has 4 rings (SSSR count). The standard InChI is InChI=1S/C19H28N2/c1-14-5-6-15-12-18-17-13-20(2)10-8-19(17,16(15)11-14)7-4-9-21(18)3/h5-6,11,17-18H,4,7-10,12-13H2,1-3H3/t17-,18+,19+/m0/s1. The van der Waals surface area contributed by atoms with E-state index in [1.165, 1.54) is 50.9 Å². The molecular weight excluding hydrogens is 256 g/mol. The molecule has 3 aliphatic rings. The number of rotatable bonds is 0. The highest BCUT2D eigenvalue weighted by atomic mass is 15.2. The van der Waals surface area contributed by atoms with Gasteiger partial charge in [-0.05, 0) is 76.8 Å². The van der Waals surface area contributed by atoms with Crippen molar-refractivity contribution >= 4 is 0 Å². The second-order valence-corrected chi connectivity index (χ2v) is 7.79. The minimum absolute atomic E-state index is 0.460. The van der Waals surface area contributed by atoms with Gasteiger partial charge in [0.25, 0.3) is 0 Å². The van der Waals surface area contributed by atoms with Crippen LogP contribution in [0, 0.1) is 12.8 Å². The summed E-state index contributed by atoms with van der Waals surface area (Å²) in [5, 5.41) is 0. The first-order valence-electron chi connectivity index (χ1n) is 8.59. The predicted octanol–water partition coefficient (Wildman–Crippen LogP) is 2.83. The second-order valence-electron chi connectivity index (χ2n) is 7.79. The topological polar surface area (TPSA) is 6.48 Å². The van der Waals surface area contributed by atoms with Gasteiger partial charge in [-0.3, -0.25) is 0 Å². The van der Waals surface area contributed by atoms with Crippen molar-refractivity contribution in [1.29, 1.82) is 0 Å². The van der Waals surface area contributed by atoms with Gasteiger partial charge >= 0.3 is 0 Å². The van der Waals surface area contributed by atoms with Crippen LogP contribution < -0.4 is 0 Å². The molecule has 2 aliphatic heterocycles. The van der Waals surface area contributed by atoms with Gasteiger partial charge in [0.05, 0.1) is 0 Å². The van der Waals surface area contributed by atoms with Gasteiger partial charge in [0, 0.05) is 18.0 Å². The number of piperidine rings is 1. The number of fused-ring (bicyclic) bond motifs is 1. The fourth-order valence-corrected chi connectivity index (χ4v) is 5.42. The molecule has 1 aromatic rings. The zero-order valence-electron chi connectivity index (χ0n) is 13.7. The largest absolute Gasteiger partial charge is 0.306 e. The van der Waals surface area contributed by atoms with Crippen molar-refractivity contribution in [2.24, 2.45) is 5.92 Å². The molecule has 1 aliphatic carbocycles. The summed E-state index contributed by atoms with van der Waals surface area (Å²) in [4.78, 5) is 5.23. The van der Waals surface area contributed by atoms with Gasteiger partial charge in [-0.1, -0.05) is 23.8 Å². The number of likely N-dealkylation sites (tertiary alicyclic amines) is 2. The Morgan fingerprint density at radius 2 is 2.00 bits per heavy atom. The Balaban J connectivity index is 1.89. The van der Waals surface area contributed by atoms with Crippen LogP contribution in [0.15, 0.2) is 18.2 Å². The third kappa shape index (κ3) is 1.99. The van der Waals surface area contributed by atoms with Crippen molar-refractivity contribution < 1.29 is 0 Å². The Labute approximate surface area is 129 Å². The van der Waals surface area contributed by atoms with Crippen LogP contribution >= 0.6 is 0 Å². The molecule has 2 fully saturated rings. The fourth-order valence-electron chi connectivity index (χ4n) is 5.42. The molecule has 2 saturated heterocycles. The lowest BCUT2D eigenvalue weighted by Crippen LogP contribution is -2.58. The van der Waals surface area contributed by atoms with E-state index < -0.39 is 0 Å². The lowest BCUT2D eigenvalue weighted by molar-refractivity contribution is 0.0430. The minimum atomic E-state index is 0.460. The van der Waals surface area contributed by atoms with E-state index in [-0.39, 0.29) is 0 Å². The maximum atomic E-state index is 2.66. The summed E-state index contributed by atoms with van der Waals surface area (Å²) >= 11 is 0. The quantitative estimate of drug-likeness (QED) is 0.723. The summed E-state index contributed by atoms with van der Waals surface area (Å²) in [6.45, 7) is 6.08. The monoisotopic (exact) mass is 284 g/mol. The molecular formula is C19H28N2. The van der Waals surface area contributed by atoms with E-state index in [0.29, 0.717) is 5.41 Å². The van der Waals surface area contributed by atoms with Gasteiger partial charge in [0.15, 0.2) is 0 Å². The molecule has 0 aromatic heterocycles. The first-order chi connectivity index (χ1) is 10.1. The van der Waals surface area contributed by atoms with Crippen molar-refractivity contribution in [2.75, 3.05) is 33.7 Å². The average molecular weight is 284 g/mol. The molecule has 0 spiro atoms. The molecule has 0 amide bonds. The summed E-state index contributed by atoms with van der Waals surface area (Å²) in [5.74, 6) is 0.818. The highest BCUT2D eigenvalue weighted by Gasteiger charge is 2.52. The summed E-state index contributed by atoms with van der Waals surface area (Å²) in [7, 11) is 4.67. The van der Waals surface area contributed by atoms with Crippen LogP contribution in [0.4, 0.5) is 0 Å². The van der Waals surface area contributed by atoms with Crippen LogP contribution in [0.5, 0.6) is 0 Å². The normalized spacial score (nSPS) is 36.7. The number of benzene rings is 1. The zero-order chi connectivity index (χ0) is 14.6. The Morgan fingerprint density at radius 1 is 1.14 bits per heavy atom. The smallest absolute Gasteiger partial charge is 0.0182 e.